The SMILES string of the molecule is CCOC(=O)CN(CC)S(=O)(=O)c1scnc1C(=O)O. The van der Waals surface area contributed by atoms with Crippen LogP contribution in [0.1, 0.15) is 24.3 Å². The molecule has 0 unspecified atom stereocenters. The van der Waals surface area contributed by atoms with Gasteiger partial charge in [-0.1, -0.05) is 6.92 Å². The summed E-state index contributed by atoms with van der Waals surface area (Å²) in [5, 5.41) is 8.91. The van der Waals surface area contributed by atoms with Crippen molar-refractivity contribution in [2.45, 2.75) is 18.1 Å². The van der Waals surface area contributed by atoms with Crippen molar-refractivity contribution >= 4 is 33.3 Å². The summed E-state index contributed by atoms with van der Waals surface area (Å²) in [6.45, 7) is 2.83. The molecule has 20 heavy (non-hydrogen) atoms. The Labute approximate surface area is 120 Å². The second-order valence-corrected chi connectivity index (χ2v) is 6.52. The van der Waals surface area contributed by atoms with E-state index < -0.39 is 38.4 Å². The molecular weight excluding hydrogens is 308 g/mol. The van der Waals surface area contributed by atoms with E-state index in [1.54, 1.807) is 6.92 Å². The van der Waals surface area contributed by atoms with E-state index in [0.29, 0.717) is 11.3 Å². The first-order valence-corrected chi connectivity index (χ1v) is 7.99. The Kier molecular flexibility index (Phi) is 5.60. The van der Waals surface area contributed by atoms with Crippen LogP contribution in [0.5, 0.6) is 0 Å². The van der Waals surface area contributed by atoms with Crippen LogP contribution in [0.3, 0.4) is 0 Å². The van der Waals surface area contributed by atoms with Gasteiger partial charge in [0.15, 0.2) is 9.90 Å². The Morgan fingerprint density at radius 2 is 2.10 bits per heavy atom. The molecule has 0 fully saturated rings. The molecule has 0 radical (unpaired) electrons. The topological polar surface area (TPSA) is 114 Å². The maximum atomic E-state index is 12.3. The zero-order chi connectivity index (χ0) is 15.3. The van der Waals surface area contributed by atoms with E-state index in [2.05, 4.69) is 4.98 Å². The number of carboxylic acids is 1. The highest BCUT2D eigenvalue weighted by Crippen LogP contribution is 2.24. The molecule has 0 spiro atoms. The minimum absolute atomic E-state index is 0.0120. The third kappa shape index (κ3) is 3.52. The zero-order valence-electron chi connectivity index (χ0n) is 10.9. The summed E-state index contributed by atoms with van der Waals surface area (Å²) < 4.78 is 29.8. The highest BCUT2D eigenvalue weighted by atomic mass is 32.2. The third-order valence-corrected chi connectivity index (χ3v) is 5.54. The number of rotatable bonds is 7. The number of esters is 1. The van der Waals surface area contributed by atoms with Crippen molar-refractivity contribution in [1.29, 1.82) is 0 Å². The number of hydrogen-bond acceptors (Lipinski definition) is 7. The fourth-order valence-corrected chi connectivity index (χ4v) is 4.07. The number of nitrogens with zero attached hydrogens (tertiary/aromatic N) is 2. The minimum Gasteiger partial charge on any atom is -0.476 e. The standard InChI is InChI=1S/C10H14N2O6S2/c1-3-12(5-7(13)18-4-2)20(16,17)10-8(9(14)15)11-6-19-10/h6H,3-5H2,1-2H3,(H,14,15). The predicted molar refractivity (Wildman–Crippen MR) is 70.1 cm³/mol. The lowest BCUT2D eigenvalue weighted by molar-refractivity contribution is -0.143. The molecule has 8 nitrogen and oxygen atoms in total. The molecule has 0 aliphatic rings. The van der Waals surface area contributed by atoms with E-state index >= 15 is 0 Å². The second-order valence-electron chi connectivity index (χ2n) is 3.53. The third-order valence-electron chi connectivity index (χ3n) is 2.28. The van der Waals surface area contributed by atoms with Gasteiger partial charge in [-0.25, -0.2) is 18.2 Å². The fraction of sp³-hybridized carbons (Fsp3) is 0.500. The Bertz CT molecular complexity index is 595. The molecule has 0 aliphatic heterocycles. The molecule has 112 valence electrons. The van der Waals surface area contributed by atoms with Gasteiger partial charge in [-0.3, -0.25) is 4.79 Å². The average Bonchev–Trinajstić information content (AvgIpc) is 2.86. The van der Waals surface area contributed by atoms with Crippen LogP contribution < -0.4 is 0 Å². The molecule has 0 bridgehead atoms. The van der Waals surface area contributed by atoms with Crippen molar-refractivity contribution in [3.05, 3.63) is 11.2 Å². The summed E-state index contributed by atoms with van der Waals surface area (Å²) in [6, 6.07) is 0. The maximum Gasteiger partial charge on any atom is 0.356 e. The fourth-order valence-electron chi connectivity index (χ4n) is 1.40. The van der Waals surface area contributed by atoms with Crippen LogP contribution in [0.15, 0.2) is 9.72 Å². The Balaban J connectivity index is 3.09. The molecule has 1 aromatic heterocycles. The van der Waals surface area contributed by atoms with Crippen molar-refractivity contribution in [2.24, 2.45) is 0 Å². The number of aromatic carboxylic acids is 1. The van der Waals surface area contributed by atoms with Crippen LogP contribution in [0.2, 0.25) is 0 Å². The van der Waals surface area contributed by atoms with Gasteiger partial charge in [0.1, 0.15) is 6.54 Å². The number of aromatic nitrogens is 1. The van der Waals surface area contributed by atoms with E-state index in [1.807, 2.05) is 0 Å². The molecule has 1 N–H and O–H groups in total. The van der Waals surface area contributed by atoms with Crippen LogP contribution in [0.4, 0.5) is 0 Å². The lowest BCUT2D eigenvalue weighted by Gasteiger charge is -2.18. The molecular formula is C10H14N2O6S2. The number of thiazole rings is 1. The Hall–Kier alpha value is -1.52. The summed E-state index contributed by atoms with van der Waals surface area (Å²) in [5.41, 5.74) is 0.589. The molecule has 1 heterocycles. The average molecular weight is 322 g/mol. The number of likely N-dealkylation sites (N-methyl/N-ethyl adjacent to an activating group) is 1. The molecule has 0 saturated carbocycles. The number of carbonyl (C=O) groups excluding carboxylic acids is 1. The van der Waals surface area contributed by atoms with Crippen LogP contribution in [0, 0.1) is 0 Å². The van der Waals surface area contributed by atoms with E-state index in [-0.39, 0.29) is 13.2 Å². The lowest BCUT2D eigenvalue weighted by atomic mass is 10.5. The monoisotopic (exact) mass is 322 g/mol. The highest BCUT2D eigenvalue weighted by molar-refractivity contribution is 7.91. The van der Waals surface area contributed by atoms with Crippen LogP contribution in [-0.4, -0.2) is 54.4 Å². The number of hydrogen-bond donors (Lipinski definition) is 1. The quantitative estimate of drug-likeness (QED) is 0.723. The summed E-state index contributed by atoms with van der Waals surface area (Å²) >= 11 is 0.695. The second kappa shape index (κ2) is 6.77. The van der Waals surface area contributed by atoms with Crippen molar-refractivity contribution in [3.8, 4) is 0 Å². The van der Waals surface area contributed by atoms with Crippen LogP contribution in [0.25, 0.3) is 0 Å². The molecule has 0 saturated heterocycles. The van der Waals surface area contributed by atoms with Gasteiger partial charge in [-0.2, -0.15) is 4.31 Å². The van der Waals surface area contributed by atoms with Gasteiger partial charge in [0.05, 0.1) is 12.1 Å². The van der Waals surface area contributed by atoms with Crippen LogP contribution >= 0.6 is 11.3 Å². The molecule has 10 heteroatoms. The first-order chi connectivity index (χ1) is 9.34. The summed E-state index contributed by atoms with van der Waals surface area (Å²) in [4.78, 5) is 25.8. The van der Waals surface area contributed by atoms with Gasteiger partial charge in [-0.05, 0) is 6.92 Å². The van der Waals surface area contributed by atoms with Crippen molar-refractivity contribution in [2.75, 3.05) is 19.7 Å². The smallest absolute Gasteiger partial charge is 0.356 e. The molecule has 0 aliphatic carbocycles. The van der Waals surface area contributed by atoms with Gasteiger partial charge in [0.25, 0.3) is 10.0 Å². The maximum absolute atomic E-state index is 12.3. The van der Waals surface area contributed by atoms with Gasteiger partial charge in [0, 0.05) is 6.54 Å². The number of carbonyl (C=O) groups is 2. The predicted octanol–water partition coefficient (Wildman–Crippen LogP) is 0.415. The van der Waals surface area contributed by atoms with E-state index in [0.717, 1.165) is 9.82 Å². The van der Waals surface area contributed by atoms with Gasteiger partial charge in [-0.15, -0.1) is 11.3 Å². The normalized spacial score (nSPS) is 11.6. The van der Waals surface area contributed by atoms with Crippen LogP contribution in [-0.2, 0) is 19.6 Å². The summed E-state index contributed by atoms with van der Waals surface area (Å²) in [6.07, 6.45) is 0. The number of sulfonamides is 1. The van der Waals surface area contributed by atoms with Gasteiger partial charge >= 0.3 is 11.9 Å². The first-order valence-electron chi connectivity index (χ1n) is 5.67. The van der Waals surface area contributed by atoms with Gasteiger partial charge < -0.3 is 9.84 Å². The van der Waals surface area contributed by atoms with E-state index in [1.165, 1.54) is 6.92 Å². The van der Waals surface area contributed by atoms with E-state index in [4.69, 9.17) is 9.84 Å². The summed E-state index contributed by atoms with van der Waals surface area (Å²) in [5.74, 6) is -2.13. The molecule has 0 amide bonds. The Morgan fingerprint density at radius 3 is 2.60 bits per heavy atom. The molecule has 0 atom stereocenters. The van der Waals surface area contributed by atoms with Gasteiger partial charge in [0.2, 0.25) is 0 Å². The number of ether oxygens (including phenoxy) is 1. The first kappa shape index (κ1) is 16.5. The van der Waals surface area contributed by atoms with Crippen molar-refractivity contribution < 1.29 is 27.9 Å². The van der Waals surface area contributed by atoms with E-state index in [9.17, 15) is 18.0 Å². The van der Waals surface area contributed by atoms with Crippen molar-refractivity contribution in [1.82, 2.24) is 9.29 Å². The molecule has 1 rings (SSSR count). The lowest BCUT2D eigenvalue weighted by Crippen LogP contribution is -2.36. The molecule has 0 aromatic carbocycles. The highest BCUT2D eigenvalue weighted by Gasteiger charge is 2.32. The Morgan fingerprint density at radius 1 is 1.45 bits per heavy atom. The molecule has 1 aromatic rings. The zero-order valence-corrected chi connectivity index (χ0v) is 12.5. The largest absolute Gasteiger partial charge is 0.476 e. The summed E-state index contributed by atoms with van der Waals surface area (Å²) in [7, 11) is -4.09. The van der Waals surface area contributed by atoms with Crippen molar-refractivity contribution in [3.63, 3.8) is 0 Å². The number of carboxylic acid groups (broad SMARTS) is 1. The minimum atomic E-state index is -4.09.